The predicted octanol–water partition coefficient (Wildman–Crippen LogP) is 3.81. The van der Waals surface area contributed by atoms with Crippen molar-refractivity contribution in [2.75, 3.05) is 21.1 Å². The first-order chi connectivity index (χ1) is 10.5. The third kappa shape index (κ3) is 2.77. The molecule has 0 aromatic heterocycles. The number of hydrogen-bond acceptors (Lipinski definition) is 2. The van der Waals surface area contributed by atoms with Gasteiger partial charge in [0, 0.05) is 11.5 Å². The number of carbonyl (C=O) groups is 1. The molecule has 124 valence electrons. The van der Waals surface area contributed by atoms with Crippen LogP contribution in [0.4, 0.5) is 5.69 Å². The number of ether oxygens (including phenoxy) is 1. The van der Waals surface area contributed by atoms with Gasteiger partial charge in [-0.1, -0.05) is 0 Å². The molecule has 2 aliphatic heterocycles. The SMILES string of the molecule is CC12CCC(/C(=C/c3ccc([N+](C)(C)C)cc3)C1=O)C(C)(C)O2. The lowest BCUT2D eigenvalue weighted by Crippen LogP contribution is -2.60. The normalized spacial score (nSPS) is 31.7. The third-order valence-corrected chi connectivity index (χ3v) is 5.35. The standard InChI is InChI=1S/C20H28NO2/c1-19(2)17-11-12-20(3,23-19)18(22)16(17)13-14-7-9-15(10-8-14)21(4,5)6/h7-10,13,17H,11-12H2,1-6H3/q+1/b16-13-. The van der Waals surface area contributed by atoms with E-state index >= 15 is 0 Å². The average Bonchev–Trinajstić information content (AvgIpc) is 2.42. The summed E-state index contributed by atoms with van der Waals surface area (Å²) in [6, 6.07) is 8.50. The topological polar surface area (TPSA) is 26.3 Å². The summed E-state index contributed by atoms with van der Waals surface area (Å²) < 4.78 is 6.90. The van der Waals surface area contributed by atoms with E-state index in [0.29, 0.717) is 0 Å². The number of ketones is 1. The molecule has 3 fully saturated rings. The summed E-state index contributed by atoms with van der Waals surface area (Å²) in [5.41, 5.74) is 2.37. The summed E-state index contributed by atoms with van der Waals surface area (Å²) in [7, 11) is 6.45. The Labute approximate surface area is 139 Å². The maximum atomic E-state index is 12.8. The molecular formula is C20H28NO2+. The van der Waals surface area contributed by atoms with Gasteiger partial charge in [-0.25, -0.2) is 0 Å². The predicted molar refractivity (Wildman–Crippen MR) is 95.3 cm³/mol. The van der Waals surface area contributed by atoms with E-state index in [1.165, 1.54) is 5.69 Å². The highest BCUT2D eigenvalue weighted by atomic mass is 16.5. The quantitative estimate of drug-likeness (QED) is 0.613. The Balaban J connectivity index is 1.97. The molecule has 0 radical (unpaired) electrons. The molecule has 2 atom stereocenters. The van der Waals surface area contributed by atoms with Gasteiger partial charge in [0.1, 0.15) is 11.3 Å². The van der Waals surface area contributed by atoms with E-state index in [0.717, 1.165) is 28.5 Å². The van der Waals surface area contributed by atoms with E-state index in [1.54, 1.807) is 0 Å². The van der Waals surface area contributed by atoms with Crippen molar-refractivity contribution in [2.24, 2.45) is 5.92 Å². The van der Waals surface area contributed by atoms with Crippen molar-refractivity contribution in [1.29, 1.82) is 0 Å². The van der Waals surface area contributed by atoms with Crippen LogP contribution in [0.5, 0.6) is 0 Å². The number of Topliss-reactive ketones (excluding diaryl/α,β-unsaturated/α-hetero) is 1. The van der Waals surface area contributed by atoms with Crippen LogP contribution >= 0.6 is 0 Å². The number of rotatable bonds is 2. The van der Waals surface area contributed by atoms with Crippen LogP contribution < -0.4 is 4.48 Å². The fraction of sp³-hybridized carbons (Fsp3) is 0.550. The monoisotopic (exact) mass is 314 g/mol. The van der Waals surface area contributed by atoms with Gasteiger partial charge in [-0.3, -0.25) is 9.28 Å². The maximum absolute atomic E-state index is 12.8. The van der Waals surface area contributed by atoms with Gasteiger partial charge >= 0.3 is 0 Å². The van der Waals surface area contributed by atoms with Crippen LogP contribution in [0.2, 0.25) is 0 Å². The Morgan fingerprint density at radius 2 is 1.74 bits per heavy atom. The van der Waals surface area contributed by atoms with E-state index in [2.05, 4.69) is 65.3 Å². The maximum Gasteiger partial charge on any atom is 0.190 e. The molecule has 3 nitrogen and oxygen atoms in total. The lowest BCUT2D eigenvalue weighted by atomic mass is 9.65. The van der Waals surface area contributed by atoms with Crippen LogP contribution in [0.15, 0.2) is 29.8 Å². The largest absolute Gasteiger partial charge is 0.361 e. The average molecular weight is 314 g/mol. The number of nitrogens with zero attached hydrogens (tertiary/aromatic N) is 1. The lowest BCUT2D eigenvalue weighted by molar-refractivity contribution is -0.206. The molecule has 4 rings (SSSR count). The van der Waals surface area contributed by atoms with Crippen LogP contribution in [0.1, 0.15) is 39.2 Å². The molecule has 2 saturated heterocycles. The summed E-state index contributed by atoms with van der Waals surface area (Å²) in [6.07, 6.45) is 3.93. The second-order valence-electron chi connectivity index (χ2n) is 8.56. The molecule has 23 heavy (non-hydrogen) atoms. The Hall–Kier alpha value is -1.45. The van der Waals surface area contributed by atoms with Gasteiger partial charge in [-0.2, -0.15) is 0 Å². The summed E-state index contributed by atoms with van der Waals surface area (Å²) in [5.74, 6) is 0.360. The molecule has 1 aliphatic carbocycles. The summed E-state index contributed by atoms with van der Waals surface area (Å²) in [5, 5.41) is 0. The number of quaternary nitrogens is 1. The summed E-state index contributed by atoms with van der Waals surface area (Å²) >= 11 is 0. The van der Waals surface area contributed by atoms with Gasteiger partial charge in [0.2, 0.25) is 0 Å². The van der Waals surface area contributed by atoms with Crippen molar-refractivity contribution in [3.63, 3.8) is 0 Å². The molecule has 2 unspecified atom stereocenters. The minimum absolute atomic E-state index is 0.170. The van der Waals surface area contributed by atoms with Gasteiger partial charge in [-0.15, -0.1) is 0 Å². The van der Waals surface area contributed by atoms with Crippen molar-refractivity contribution in [2.45, 2.75) is 44.8 Å². The zero-order valence-electron chi connectivity index (χ0n) is 15.1. The Morgan fingerprint density at radius 3 is 2.26 bits per heavy atom. The molecule has 0 amide bonds. The number of fused-ring (bicyclic) bond motifs is 3. The molecule has 0 spiro atoms. The Bertz CT molecular complexity index is 664. The van der Waals surface area contributed by atoms with E-state index in [1.807, 2.05) is 6.92 Å². The molecule has 1 saturated carbocycles. The molecule has 1 aromatic rings. The van der Waals surface area contributed by atoms with Crippen LogP contribution in [-0.2, 0) is 9.53 Å². The van der Waals surface area contributed by atoms with Gasteiger partial charge in [0.05, 0.1) is 26.7 Å². The van der Waals surface area contributed by atoms with Crippen LogP contribution in [0.25, 0.3) is 6.08 Å². The first kappa shape index (κ1) is 16.4. The van der Waals surface area contributed by atoms with Gasteiger partial charge in [0.15, 0.2) is 5.78 Å². The number of hydrogen-bond donors (Lipinski definition) is 0. The van der Waals surface area contributed by atoms with Gasteiger partial charge in [0.25, 0.3) is 0 Å². The fourth-order valence-corrected chi connectivity index (χ4v) is 3.99. The zero-order valence-corrected chi connectivity index (χ0v) is 15.1. The number of carbonyl (C=O) groups excluding carboxylic acids is 1. The van der Waals surface area contributed by atoms with Crippen molar-refractivity contribution < 1.29 is 9.53 Å². The molecule has 3 heteroatoms. The molecule has 3 aliphatic rings. The first-order valence-corrected chi connectivity index (χ1v) is 8.42. The van der Waals surface area contributed by atoms with Crippen LogP contribution in [0.3, 0.4) is 0 Å². The van der Waals surface area contributed by atoms with E-state index in [4.69, 9.17) is 4.74 Å². The van der Waals surface area contributed by atoms with Gasteiger partial charge < -0.3 is 4.74 Å². The first-order valence-electron chi connectivity index (χ1n) is 8.42. The van der Waals surface area contributed by atoms with Crippen molar-refractivity contribution >= 4 is 17.5 Å². The molecule has 2 heterocycles. The van der Waals surface area contributed by atoms with Crippen LogP contribution in [-0.4, -0.2) is 38.1 Å². The summed E-state index contributed by atoms with van der Waals surface area (Å²) in [6.45, 7) is 6.16. The summed E-state index contributed by atoms with van der Waals surface area (Å²) in [4.78, 5) is 12.8. The molecule has 2 bridgehead atoms. The van der Waals surface area contributed by atoms with Crippen molar-refractivity contribution in [3.05, 3.63) is 35.4 Å². The van der Waals surface area contributed by atoms with E-state index in [-0.39, 0.29) is 17.3 Å². The Kier molecular flexibility index (Phi) is 3.58. The highest BCUT2D eigenvalue weighted by molar-refractivity contribution is 6.07. The lowest BCUT2D eigenvalue weighted by Gasteiger charge is -2.53. The second-order valence-corrected chi connectivity index (χ2v) is 8.56. The highest BCUT2D eigenvalue weighted by Crippen LogP contribution is 2.50. The molecular weight excluding hydrogens is 286 g/mol. The molecule has 1 aromatic carbocycles. The smallest absolute Gasteiger partial charge is 0.190 e. The van der Waals surface area contributed by atoms with Crippen molar-refractivity contribution in [3.8, 4) is 0 Å². The van der Waals surface area contributed by atoms with E-state index in [9.17, 15) is 4.79 Å². The zero-order chi connectivity index (χ0) is 17.0. The third-order valence-electron chi connectivity index (χ3n) is 5.35. The van der Waals surface area contributed by atoms with Crippen molar-refractivity contribution in [1.82, 2.24) is 4.48 Å². The highest BCUT2D eigenvalue weighted by Gasteiger charge is 2.56. The minimum atomic E-state index is -0.647. The van der Waals surface area contributed by atoms with Crippen LogP contribution in [0, 0.1) is 5.92 Å². The fourth-order valence-electron chi connectivity index (χ4n) is 3.99. The second kappa shape index (κ2) is 5.02. The minimum Gasteiger partial charge on any atom is -0.361 e. The van der Waals surface area contributed by atoms with E-state index < -0.39 is 5.60 Å². The Morgan fingerprint density at radius 1 is 1.13 bits per heavy atom. The number of benzene rings is 1. The molecule has 0 N–H and O–H groups in total. The van der Waals surface area contributed by atoms with Gasteiger partial charge in [-0.05, 0) is 69.5 Å².